The molecular weight excluding hydrogens is 304 g/mol. The van der Waals surface area contributed by atoms with Gasteiger partial charge in [0.25, 0.3) is 0 Å². The Morgan fingerprint density at radius 3 is 2.62 bits per heavy atom. The van der Waals surface area contributed by atoms with Crippen LogP contribution >= 0.6 is 23.4 Å². The van der Waals surface area contributed by atoms with Crippen molar-refractivity contribution in [1.82, 2.24) is 0 Å². The highest BCUT2D eigenvalue weighted by Gasteiger charge is 2.07. The summed E-state index contributed by atoms with van der Waals surface area (Å²) in [6, 6.07) is 11.2. The molecule has 0 aliphatic carbocycles. The van der Waals surface area contributed by atoms with Gasteiger partial charge < -0.3 is 11.1 Å². The van der Waals surface area contributed by atoms with Gasteiger partial charge in [-0.3, -0.25) is 4.79 Å². The van der Waals surface area contributed by atoms with Gasteiger partial charge in [-0.25, -0.2) is 0 Å². The smallest absolute Gasteiger partial charge is 0.234 e. The van der Waals surface area contributed by atoms with E-state index in [2.05, 4.69) is 5.32 Å². The van der Waals surface area contributed by atoms with Crippen LogP contribution < -0.4 is 11.1 Å². The van der Waals surface area contributed by atoms with Gasteiger partial charge in [0.15, 0.2) is 0 Å². The maximum absolute atomic E-state index is 12.0. The van der Waals surface area contributed by atoms with Crippen LogP contribution in [0.3, 0.4) is 0 Å². The van der Waals surface area contributed by atoms with Gasteiger partial charge in [0.05, 0.1) is 5.75 Å². The van der Waals surface area contributed by atoms with Crippen molar-refractivity contribution in [2.45, 2.75) is 18.7 Å². The normalized spacial score (nSPS) is 10.4. The van der Waals surface area contributed by atoms with Crippen molar-refractivity contribution in [2.75, 3.05) is 16.8 Å². The molecule has 0 aliphatic heterocycles. The van der Waals surface area contributed by atoms with E-state index in [9.17, 15) is 4.79 Å². The topological polar surface area (TPSA) is 55.1 Å². The van der Waals surface area contributed by atoms with E-state index in [0.717, 1.165) is 16.0 Å². The number of benzene rings is 2. The molecule has 3 N–H and O–H groups in total. The van der Waals surface area contributed by atoms with Crippen molar-refractivity contribution >= 4 is 40.6 Å². The lowest BCUT2D eigenvalue weighted by Crippen LogP contribution is -2.14. The summed E-state index contributed by atoms with van der Waals surface area (Å²) in [6.45, 7) is 3.92. The molecule has 2 aromatic rings. The maximum Gasteiger partial charge on any atom is 0.234 e. The van der Waals surface area contributed by atoms with Crippen molar-refractivity contribution in [2.24, 2.45) is 0 Å². The molecule has 2 aromatic carbocycles. The van der Waals surface area contributed by atoms with Crippen molar-refractivity contribution in [3.63, 3.8) is 0 Å². The average Bonchev–Trinajstić information content (AvgIpc) is 2.44. The molecule has 0 atom stereocenters. The monoisotopic (exact) mass is 320 g/mol. The Morgan fingerprint density at radius 2 is 1.90 bits per heavy atom. The zero-order valence-electron chi connectivity index (χ0n) is 11.9. The Bertz CT molecular complexity index is 673. The molecule has 0 aliphatic rings. The molecule has 0 saturated carbocycles. The summed E-state index contributed by atoms with van der Waals surface area (Å²) in [5, 5.41) is 3.48. The molecule has 2 rings (SSSR count). The molecule has 5 heteroatoms. The summed E-state index contributed by atoms with van der Waals surface area (Å²) >= 11 is 7.51. The van der Waals surface area contributed by atoms with Crippen molar-refractivity contribution in [1.29, 1.82) is 0 Å². The van der Waals surface area contributed by atoms with E-state index in [1.165, 1.54) is 11.8 Å². The lowest BCUT2D eigenvalue weighted by molar-refractivity contribution is -0.113. The molecule has 3 nitrogen and oxygen atoms in total. The van der Waals surface area contributed by atoms with Gasteiger partial charge in [0.1, 0.15) is 0 Å². The molecule has 0 unspecified atom stereocenters. The summed E-state index contributed by atoms with van der Waals surface area (Å²) in [5.74, 6) is 0.261. The number of amides is 1. The Morgan fingerprint density at radius 1 is 1.19 bits per heavy atom. The van der Waals surface area contributed by atoms with Gasteiger partial charge in [0.2, 0.25) is 5.91 Å². The van der Waals surface area contributed by atoms with Gasteiger partial charge in [-0.1, -0.05) is 23.7 Å². The zero-order chi connectivity index (χ0) is 15.4. The summed E-state index contributed by atoms with van der Waals surface area (Å²) in [6.07, 6.45) is 0. The number of nitrogens with one attached hydrogen (secondary N) is 1. The number of thioether (sulfide) groups is 1. The number of carbonyl (C=O) groups is 1. The lowest BCUT2D eigenvalue weighted by Gasteiger charge is -2.08. The molecule has 0 aromatic heterocycles. The Kier molecular flexibility index (Phi) is 5.15. The Balaban J connectivity index is 1.95. The van der Waals surface area contributed by atoms with E-state index in [-0.39, 0.29) is 5.91 Å². The van der Waals surface area contributed by atoms with Crippen molar-refractivity contribution < 1.29 is 4.79 Å². The zero-order valence-corrected chi connectivity index (χ0v) is 13.5. The fourth-order valence-corrected chi connectivity index (χ4v) is 2.84. The van der Waals surface area contributed by atoms with Crippen LogP contribution in [0.15, 0.2) is 41.3 Å². The van der Waals surface area contributed by atoms with E-state index >= 15 is 0 Å². The summed E-state index contributed by atoms with van der Waals surface area (Å²) in [4.78, 5) is 13.0. The summed E-state index contributed by atoms with van der Waals surface area (Å²) in [7, 11) is 0. The van der Waals surface area contributed by atoms with Crippen LogP contribution in [0.25, 0.3) is 0 Å². The number of nitrogen functional groups attached to an aromatic ring is 1. The minimum atomic E-state index is -0.0678. The second kappa shape index (κ2) is 6.87. The lowest BCUT2D eigenvalue weighted by atomic mass is 10.2. The summed E-state index contributed by atoms with van der Waals surface area (Å²) in [5.41, 5.74) is 9.27. The number of anilines is 2. The number of hydrogen-bond acceptors (Lipinski definition) is 3. The number of halogens is 1. The maximum atomic E-state index is 12.0. The first-order chi connectivity index (χ1) is 9.95. The van der Waals surface area contributed by atoms with Crippen LogP contribution in [0.5, 0.6) is 0 Å². The standard InChI is InChI=1S/C16H17ClN2OS/c1-10-4-6-13(8-14(10)17)19-16(20)9-21-15-7-12(18)5-3-11(15)2/h3-8H,9,18H2,1-2H3,(H,19,20). The third-order valence-electron chi connectivity index (χ3n) is 3.03. The highest BCUT2D eigenvalue weighted by atomic mass is 35.5. The highest BCUT2D eigenvalue weighted by Crippen LogP contribution is 2.25. The van der Waals surface area contributed by atoms with E-state index in [0.29, 0.717) is 22.2 Å². The van der Waals surface area contributed by atoms with Gasteiger partial charge in [-0.15, -0.1) is 11.8 Å². The molecule has 21 heavy (non-hydrogen) atoms. The minimum absolute atomic E-state index is 0.0678. The first-order valence-corrected chi connectivity index (χ1v) is 7.87. The van der Waals surface area contributed by atoms with Gasteiger partial charge in [-0.05, 0) is 49.2 Å². The molecule has 1 amide bonds. The van der Waals surface area contributed by atoms with Crippen LogP contribution in [0.2, 0.25) is 5.02 Å². The molecule has 0 saturated heterocycles. The predicted octanol–water partition coefficient (Wildman–Crippen LogP) is 4.27. The quantitative estimate of drug-likeness (QED) is 0.653. The van der Waals surface area contributed by atoms with E-state index < -0.39 is 0 Å². The third kappa shape index (κ3) is 4.41. The van der Waals surface area contributed by atoms with E-state index in [4.69, 9.17) is 17.3 Å². The average molecular weight is 321 g/mol. The second-order valence-electron chi connectivity index (χ2n) is 4.83. The van der Waals surface area contributed by atoms with E-state index in [1.807, 2.05) is 44.2 Å². The minimum Gasteiger partial charge on any atom is -0.399 e. The molecule has 0 fully saturated rings. The van der Waals surface area contributed by atoms with Crippen molar-refractivity contribution in [3.8, 4) is 0 Å². The van der Waals surface area contributed by atoms with Crippen LogP contribution in [0, 0.1) is 13.8 Å². The van der Waals surface area contributed by atoms with Crippen LogP contribution in [0.1, 0.15) is 11.1 Å². The van der Waals surface area contributed by atoms with Crippen molar-refractivity contribution in [3.05, 3.63) is 52.5 Å². The molecule has 110 valence electrons. The van der Waals surface area contributed by atoms with Gasteiger partial charge >= 0.3 is 0 Å². The first-order valence-electron chi connectivity index (χ1n) is 6.50. The van der Waals surface area contributed by atoms with E-state index in [1.54, 1.807) is 6.07 Å². The van der Waals surface area contributed by atoms with Gasteiger partial charge in [0, 0.05) is 21.3 Å². The number of nitrogens with two attached hydrogens (primary N) is 1. The number of carbonyl (C=O) groups excluding carboxylic acids is 1. The van der Waals surface area contributed by atoms with Crippen LogP contribution in [-0.4, -0.2) is 11.7 Å². The molecule has 0 heterocycles. The largest absolute Gasteiger partial charge is 0.399 e. The molecular formula is C16H17ClN2OS. The predicted molar refractivity (Wildman–Crippen MR) is 91.1 cm³/mol. The number of hydrogen-bond donors (Lipinski definition) is 2. The summed E-state index contributed by atoms with van der Waals surface area (Å²) < 4.78 is 0. The molecule has 0 bridgehead atoms. The fraction of sp³-hybridized carbons (Fsp3) is 0.188. The number of rotatable bonds is 4. The third-order valence-corrected chi connectivity index (χ3v) is 4.59. The molecule has 0 radical (unpaired) electrons. The second-order valence-corrected chi connectivity index (χ2v) is 6.25. The Labute approximate surface area is 133 Å². The molecule has 0 spiro atoms. The fourth-order valence-electron chi connectivity index (χ4n) is 1.78. The Hall–Kier alpha value is -1.65. The van der Waals surface area contributed by atoms with Crippen LogP contribution in [-0.2, 0) is 4.79 Å². The van der Waals surface area contributed by atoms with Crippen LogP contribution in [0.4, 0.5) is 11.4 Å². The SMILES string of the molecule is Cc1ccc(NC(=O)CSc2cc(N)ccc2C)cc1Cl. The number of aryl methyl sites for hydroxylation is 2. The van der Waals surface area contributed by atoms with Gasteiger partial charge in [-0.2, -0.15) is 0 Å². The first kappa shape index (κ1) is 15.7. The highest BCUT2D eigenvalue weighted by molar-refractivity contribution is 8.00.